The zero-order valence-corrected chi connectivity index (χ0v) is 11.0. The van der Waals surface area contributed by atoms with E-state index in [2.05, 4.69) is 11.9 Å². The number of carbonyl (C=O) groups excluding carboxylic acids is 1. The molecule has 102 valence electrons. The van der Waals surface area contributed by atoms with Crippen molar-refractivity contribution in [3.63, 3.8) is 0 Å². The van der Waals surface area contributed by atoms with Gasteiger partial charge < -0.3 is 16.8 Å². The van der Waals surface area contributed by atoms with Crippen molar-refractivity contribution in [3.8, 4) is 0 Å². The lowest BCUT2D eigenvalue weighted by molar-refractivity contribution is -0.117. The van der Waals surface area contributed by atoms with Crippen LogP contribution >= 0.6 is 0 Å². The number of hydrogen-bond donors (Lipinski definition) is 3. The van der Waals surface area contributed by atoms with Gasteiger partial charge in [-0.15, -0.1) is 0 Å². The number of amides is 1. The van der Waals surface area contributed by atoms with E-state index in [1.165, 1.54) is 6.08 Å². The molecule has 0 spiro atoms. The highest BCUT2D eigenvalue weighted by Crippen LogP contribution is 2.04. The predicted molar refractivity (Wildman–Crippen MR) is 78.5 cm³/mol. The van der Waals surface area contributed by atoms with Crippen molar-refractivity contribution in [1.29, 1.82) is 0 Å². The van der Waals surface area contributed by atoms with Gasteiger partial charge in [-0.1, -0.05) is 49.1 Å². The summed E-state index contributed by atoms with van der Waals surface area (Å²) in [6, 6.07) is 9.82. The molecule has 1 amide bonds. The average molecular weight is 259 g/mol. The molecular formula is C15H21N3O. The third-order valence-electron chi connectivity index (χ3n) is 2.76. The van der Waals surface area contributed by atoms with Gasteiger partial charge in [-0.25, -0.2) is 0 Å². The third-order valence-corrected chi connectivity index (χ3v) is 2.76. The topological polar surface area (TPSA) is 81.1 Å². The number of carbonyl (C=O) groups is 1. The Balaban J connectivity index is 2.64. The van der Waals surface area contributed by atoms with E-state index in [4.69, 9.17) is 11.5 Å². The highest BCUT2D eigenvalue weighted by molar-refractivity contribution is 5.96. The Morgan fingerprint density at radius 1 is 1.32 bits per heavy atom. The summed E-state index contributed by atoms with van der Waals surface area (Å²) < 4.78 is 0. The molecule has 0 aliphatic rings. The van der Waals surface area contributed by atoms with Crippen molar-refractivity contribution in [2.75, 3.05) is 13.1 Å². The first-order valence-electron chi connectivity index (χ1n) is 6.28. The highest BCUT2D eigenvalue weighted by atomic mass is 16.1. The lowest BCUT2D eigenvalue weighted by Gasteiger charge is -2.17. The Morgan fingerprint density at radius 3 is 2.53 bits per heavy atom. The van der Waals surface area contributed by atoms with Crippen molar-refractivity contribution in [2.24, 2.45) is 11.5 Å². The van der Waals surface area contributed by atoms with Crippen LogP contribution in [0.5, 0.6) is 0 Å². The van der Waals surface area contributed by atoms with Gasteiger partial charge in [0, 0.05) is 24.7 Å². The van der Waals surface area contributed by atoms with E-state index in [0.717, 1.165) is 5.56 Å². The predicted octanol–water partition coefficient (Wildman–Crippen LogP) is 0.744. The molecule has 4 heteroatoms. The van der Waals surface area contributed by atoms with E-state index in [9.17, 15) is 4.79 Å². The van der Waals surface area contributed by atoms with Gasteiger partial charge in [-0.2, -0.15) is 0 Å². The van der Waals surface area contributed by atoms with Crippen LogP contribution in [0.3, 0.4) is 0 Å². The highest BCUT2D eigenvalue weighted by Gasteiger charge is 2.13. The number of hydrogen-bond acceptors (Lipinski definition) is 3. The molecule has 0 bridgehead atoms. The van der Waals surface area contributed by atoms with Gasteiger partial charge in [-0.05, 0) is 12.0 Å². The largest absolute Gasteiger partial charge is 0.348 e. The molecule has 1 rings (SSSR count). The smallest absolute Gasteiger partial charge is 0.251 e. The van der Waals surface area contributed by atoms with Crippen molar-refractivity contribution in [3.05, 3.63) is 60.2 Å². The molecule has 0 aliphatic carbocycles. The van der Waals surface area contributed by atoms with E-state index in [1.54, 1.807) is 6.08 Å². The van der Waals surface area contributed by atoms with Gasteiger partial charge >= 0.3 is 0 Å². The summed E-state index contributed by atoms with van der Waals surface area (Å²) in [7, 11) is 0. The van der Waals surface area contributed by atoms with Gasteiger partial charge in [0.05, 0.1) is 0 Å². The molecule has 0 radical (unpaired) electrons. The van der Waals surface area contributed by atoms with Crippen molar-refractivity contribution >= 4 is 5.91 Å². The van der Waals surface area contributed by atoms with Gasteiger partial charge in [0.1, 0.15) is 0 Å². The fourth-order valence-electron chi connectivity index (χ4n) is 1.76. The van der Waals surface area contributed by atoms with Gasteiger partial charge in [0.25, 0.3) is 5.91 Å². The second-order valence-corrected chi connectivity index (χ2v) is 4.20. The SMILES string of the molecule is C=C/C(=C\CN)C(=O)N[C@H](CN)Cc1ccccc1. The van der Waals surface area contributed by atoms with Crippen LogP contribution in [0.1, 0.15) is 5.56 Å². The first kappa shape index (κ1) is 15.1. The van der Waals surface area contributed by atoms with Crippen LogP contribution in [0.15, 0.2) is 54.6 Å². The Hall–Kier alpha value is -1.91. The summed E-state index contributed by atoms with van der Waals surface area (Å²) in [5.41, 5.74) is 12.7. The molecule has 0 heterocycles. The fraction of sp³-hybridized carbons (Fsp3) is 0.267. The van der Waals surface area contributed by atoms with E-state index in [1.807, 2.05) is 30.3 Å². The molecule has 1 atom stereocenters. The molecule has 1 aromatic carbocycles. The monoisotopic (exact) mass is 259 g/mol. The van der Waals surface area contributed by atoms with Crippen LogP contribution < -0.4 is 16.8 Å². The van der Waals surface area contributed by atoms with E-state index in [0.29, 0.717) is 25.1 Å². The lowest BCUT2D eigenvalue weighted by atomic mass is 10.1. The van der Waals surface area contributed by atoms with Crippen LogP contribution in [0.4, 0.5) is 0 Å². The van der Waals surface area contributed by atoms with Gasteiger partial charge in [0.15, 0.2) is 0 Å². The molecule has 19 heavy (non-hydrogen) atoms. The van der Waals surface area contributed by atoms with E-state index < -0.39 is 0 Å². The molecule has 0 aromatic heterocycles. The first-order chi connectivity index (χ1) is 9.21. The Morgan fingerprint density at radius 2 is 2.00 bits per heavy atom. The Labute approximate surface area is 114 Å². The summed E-state index contributed by atoms with van der Waals surface area (Å²) in [5, 5.41) is 2.89. The minimum absolute atomic E-state index is 0.101. The molecule has 0 aliphatic heterocycles. The third kappa shape index (κ3) is 5.07. The minimum atomic E-state index is -0.188. The maximum absolute atomic E-state index is 12.0. The Bertz CT molecular complexity index is 440. The van der Waals surface area contributed by atoms with Gasteiger partial charge in [-0.3, -0.25) is 4.79 Å². The maximum atomic E-state index is 12.0. The molecule has 0 unspecified atom stereocenters. The number of nitrogens with two attached hydrogens (primary N) is 2. The molecule has 1 aromatic rings. The van der Waals surface area contributed by atoms with Crippen LogP contribution in [-0.2, 0) is 11.2 Å². The summed E-state index contributed by atoms with van der Waals surface area (Å²) in [6.45, 7) is 4.29. The number of benzene rings is 1. The second kappa shape index (κ2) is 8.24. The van der Waals surface area contributed by atoms with E-state index in [-0.39, 0.29) is 11.9 Å². The molecule has 0 saturated carbocycles. The zero-order valence-electron chi connectivity index (χ0n) is 11.0. The summed E-state index contributed by atoms with van der Waals surface area (Å²) >= 11 is 0. The molecule has 5 N–H and O–H groups in total. The number of rotatable bonds is 7. The van der Waals surface area contributed by atoms with Crippen LogP contribution in [0.2, 0.25) is 0 Å². The molecule has 0 fully saturated rings. The Kier molecular flexibility index (Phi) is 6.57. The van der Waals surface area contributed by atoms with Gasteiger partial charge in [0.2, 0.25) is 0 Å². The zero-order chi connectivity index (χ0) is 14.1. The minimum Gasteiger partial charge on any atom is -0.348 e. The van der Waals surface area contributed by atoms with Crippen molar-refractivity contribution in [1.82, 2.24) is 5.32 Å². The average Bonchev–Trinajstić information content (AvgIpc) is 2.44. The van der Waals surface area contributed by atoms with Crippen LogP contribution in [-0.4, -0.2) is 25.0 Å². The summed E-state index contributed by atoms with van der Waals surface area (Å²) in [4.78, 5) is 12.0. The standard InChI is InChI=1S/C15H21N3O/c1-2-13(8-9-16)15(19)18-14(11-17)10-12-6-4-3-5-7-12/h2-8,14H,1,9-11,16-17H2,(H,18,19)/b13-8+/t14-/m0/s1. The lowest BCUT2D eigenvalue weighted by Crippen LogP contribution is -2.42. The molecular weight excluding hydrogens is 238 g/mol. The number of nitrogens with one attached hydrogen (secondary N) is 1. The molecule has 4 nitrogen and oxygen atoms in total. The maximum Gasteiger partial charge on any atom is 0.251 e. The second-order valence-electron chi connectivity index (χ2n) is 4.20. The van der Waals surface area contributed by atoms with Crippen LogP contribution in [0.25, 0.3) is 0 Å². The van der Waals surface area contributed by atoms with Crippen molar-refractivity contribution in [2.45, 2.75) is 12.5 Å². The fourth-order valence-corrected chi connectivity index (χ4v) is 1.76. The molecule has 0 saturated heterocycles. The summed E-state index contributed by atoms with van der Waals surface area (Å²) in [5.74, 6) is -0.188. The van der Waals surface area contributed by atoms with Crippen LogP contribution in [0, 0.1) is 0 Å². The summed E-state index contributed by atoms with van der Waals surface area (Å²) in [6.07, 6.45) is 3.84. The normalized spacial score (nSPS) is 12.8. The first-order valence-corrected chi connectivity index (χ1v) is 6.28. The van der Waals surface area contributed by atoms with E-state index >= 15 is 0 Å². The van der Waals surface area contributed by atoms with Crippen molar-refractivity contribution < 1.29 is 4.79 Å². The quantitative estimate of drug-likeness (QED) is 0.499.